The molecule has 0 bridgehead atoms. The molecule has 3 rings (SSSR count). The fourth-order valence-corrected chi connectivity index (χ4v) is 4.27. The number of aromatic nitrogens is 2. The highest BCUT2D eigenvalue weighted by Crippen LogP contribution is 2.36. The molecular weight excluding hydrogens is 703 g/mol. The van der Waals surface area contributed by atoms with E-state index in [1.54, 1.807) is 0 Å². The van der Waals surface area contributed by atoms with Gasteiger partial charge in [0.15, 0.2) is 17.5 Å². The van der Waals surface area contributed by atoms with Crippen molar-refractivity contribution in [2.45, 2.75) is 25.4 Å². The molecule has 35 heavy (non-hydrogen) atoms. The monoisotopic (exact) mass is 732 g/mol. The van der Waals surface area contributed by atoms with E-state index in [4.69, 9.17) is 0 Å². The van der Waals surface area contributed by atoms with Crippen molar-refractivity contribution in [2.75, 3.05) is 32.6 Å². The highest BCUT2D eigenvalue weighted by atomic mass is 127. The largest absolute Gasteiger partial charge is 1.00 e. The van der Waals surface area contributed by atoms with Gasteiger partial charge in [-0.3, -0.25) is 9.69 Å². The molecule has 2 heterocycles. The van der Waals surface area contributed by atoms with E-state index in [0.717, 1.165) is 35.1 Å². The maximum atomic E-state index is 13.3. The first kappa shape index (κ1) is 31.7. The lowest BCUT2D eigenvalue weighted by Gasteiger charge is -2.24. The quantitative estimate of drug-likeness (QED) is 0.132. The predicted molar refractivity (Wildman–Crippen MR) is 124 cm³/mol. The van der Waals surface area contributed by atoms with Crippen molar-refractivity contribution in [3.05, 3.63) is 59.7 Å². The number of quaternary nitrogens is 1. The number of thiazole rings is 1. The third-order valence-corrected chi connectivity index (χ3v) is 5.90. The Bertz CT molecular complexity index is 1120. The molecule has 1 aromatic carbocycles. The van der Waals surface area contributed by atoms with E-state index < -0.39 is 11.7 Å². The van der Waals surface area contributed by atoms with Crippen LogP contribution in [0.1, 0.15) is 24.8 Å². The van der Waals surface area contributed by atoms with Crippen molar-refractivity contribution in [2.24, 2.45) is 7.05 Å². The third-order valence-electron chi connectivity index (χ3n) is 5.07. The summed E-state index contributed by atoms with van der Waals surface area (Å²) in [6, 6.07) is 8.64. The minimum atomic E-state index is -4.50. The number of amides is 1. The van der Waals surface area contributed by atoms with Gasteiger partial charge < -0.3 is 52.4 Å². The average molecular weight is 732 g/mol. The van der Waals surface area contributed by atoms with Gasteiger partial charge in [-0.1, -0.05) is 6.07 Å². The molecule has 0 spiro atoms. The van der Waals surface area contributed by atoms with Crippen molar-refractivity contribution < 1.29 is 75.0 Å². The molecule has 3 aromatic rings. The number of hydrogen-bond donors (Lipinski definition) is 0. The number of carbonyl (C=O) groups excluding carboxylic acids is 1. The summed E-state index contributed by atoms with van der Waals surface area (Å²) in [5.74, 6) is -0.268. The van der Waals surface area contributed by atoms with E-state index in [0.29, 0.717) is 17.2 Å². The number of halogens is 5. The molecule has 5 nitrogen and oxygen atoms in total. The highest BCUT2D eigenvalue weighted by molar-refractivity contribution is 7.14. The van der Waals surface area contributed by atoms with Crippen molar-refractivity contribution in [1.82, 2.24) is 4.98 Å². The molecule has 192 valence electrons. The number of hydrogen-bond acceptors (Lipinski definition) is 3. The molecule has 0 saturated carbocycles. The van der Waals surface area contributed by atoms with Crippen LogP contribution >= 0.6 is 11.3 Å². The predicted octanol–water partition coefficient (Wildman–Crippen LogP) is -0.797. The molecular formula is C24H29F3I2N4OS. The zero-order valence-corrected chi connectivity index (χ0v) is 25.2. The summed E-state index contributed by atoms with van der Waals surface area (Å²) >= 11 is 1.24. The fourth-order valence-electron chi connectivity index (χ4n) is 3.40. The molecule has 0 unspecified atom stereocenters. The normalized spacial score (nSPS) is 11.4. The Kier molecular flexibility index (Phi) is 12.0. The second-order valence-electron chi connectivity index (χ2n) is 9.02. The molecule has 0 N–H and O–H groups in total. The Hall–Kier alpha value is -1.32. The van der Waals surface area contributed by atoms with E-state index >= 15 is 0 Å². The number of pyridine rings is 1. The van der Waals surface area contributed by atoms with Crippen molar-refractivity contribution >= 4 is 28.1 Å². The van der Waals surface area contributed by atoms with Gasteiger partial charge in [-0.25, -0.2) is 9.55 Å². The molecule has 0 aliphatic rings. The maximum absolute atomic E-state index is 13.3. The highest BCUT2D eigenvalue weighted by Gasteiger charge is 2.32. The van der Waals surface area contributed by atoms with Gasteiger partial charge in [0.2, 0.25) is 5.91 Å². The Morgan fingerprint density at radius 1 is 1.11 bits per heavy atom. The van der Waals surface area contributed by atoms with Crippen LogP contribution in [0.25, 0.3) is 11.3 Å². The van der Waals surface area contributed by atoms with Crippen LogP contribution in [-0.2, 0) is 18.0 Å². The second kappa shape index (κ2) is 13.3. The van der Waals surface area contributed by atoms with E-state index in [9.17, 15) is 18.0 Å². The molecule has 0 aliphatic heterocycles. The number of carbonyl (C=O) groups is 1. The van der Waals surface area contributed by atoms with Crippen LogP contribution in [0.4, 0.5) is 24.0 Å². The molecule has 0 saturated heterocycles. The lowest BCUT2D eigenvalue weighted by molar-refractivity contribution is -0.870. The zero-order valence-electron chi connectivity index (χ0n) is 20.0. The van der Waals surface area contributed by atoms with Crippen LogP contribution < -0.4 is 57.4 Å². The number of anilines is 2. The summed E-state index contributed by atoms with van der Waals surface area (Å²) in [5, 5.41) is 2.17. The fraction of sp³-hybridized carbons (Fsp3) is 0.375. The number of alkyl halides is 3. The molecule has 2 aromatic heterocycles. The Morgan fingerprint density at radius 2 is 1.83 bits per heavy atom. The summed E-state index contributed by atoms with van der Waals surface area (Å²) in [7, 11) is 8.14. The minimum Gasteiger partial charge on any atom is -1.00 e. The smallest absolute Gasteiger partial charge is 0.416 e. The van der Waals surface area contributed by atoms with E-state index in [1.165, 1.54) is 28.4 Å². The second-order valence-corrected chi connectivity index (χ2v) is 9.86. The first-order valence-electron chi connectivity index (χ1n) is 10.7. The summed E-state index contributed by atoms with van der Waals surface area (Å²) in [5.41, 5.74) is 0.901. The SMILES string of the molecule is C[n+]1cccc(-c2csc(N(C(=O)CCCC[N+](C)(C)C)c3cccc(C(F)(F)F)c3)n2)c1.[I-].[I-]. The van der Waals surface area contributed by atoms with Crippen molar-refractivity contribution in [1.29, 1.82) is 0 Å². The number of aryl methyl sites for hydroxylation is 1. The number of rotatable bonds is 8. The van der Waals surface area contributed by atoms with Crippen LogP contribution in [0.3, 0.4) is 0 Å². The van der Waals surface area contributed by atoms with Gasteiger partial charge in [0.25, 0.3) is 0 Å². The van der Waals surface area contributed by atoms with E-state index in [2.05, 4.69) is 26.1 Å². The van der Waals surface area contributed by atoms with Crippen LogP contribution in [0.5, 0.6) is 0 Å². The van der Waals surface area contributed by atoms with Gasteiger partial charge in [-0.15, -0.1) is 11.3 Å². The molecule has 1 amide bonds. The van der Waals surface area contributed by atoms with Crippen LogP contribution in [0.15, 0.2) is 54.2 Å². The summed E-state index contributed by atoms with van der Waals surface area (Å²) < 4.78 is 42.7. The summed E-state index contributed by atoms with van der Waals surface area (Å²) in [4.78, 5) is 19.2. The van der Waals surface area contributed by atoms with Gasteiger partial charge in [0.05, 0.1) is 50.2 Å². The Balaban J connectivity index is 0.00000306. The molecule has 0 atom stereocenters. The Morgan fingerprint density at radius 3 is 2.46 bits per heavy atom. The van der Waals surface area contributed by atoms with Crippen LogP contribution in [0, 0.1) is 0 Å². The van der Waals surface area contributed by atoms with Gasteiger partial charge >= 0.3 is 6.18 Å². The van der Waals surface area contributed by atoms with Gasteiger partial charge in [-0.05, 0) is 37.1 Å². The average Bonchev–Trinajstić information content (AvgIpc) is 3.20. The lowest BCUT2D eigenvalue weighted by Crippen LogP contribution is -3.00. The Labute approximate surface area is 242 Å². The first-order valence-corrected chi connectivity index (χ1v) is 11.5. The maximum Gasteiger partial charge on any atom is 0.416 e. The van der Waals surface area contributed by atoms with Crippen molar-refractivity contribution in [3.8, 4) is 11.3 Å². The van der Waals surface area contributed by atoms with Gasteiger partial charge in [0.1, 0.15) is 7.05 Å². The first-order chi connectivity index (χ1) is 15.4. The number of unbranched alkanes of at least 4 members (excludes halogenated alkanes) is 1. The van der Waals surface area contributed by atoms with E-state index in [-0.39, 0.29) is 66.0 Å². The summed E-state index contributed by atoms with van der Waals surface area (Å²) in [6.07, 6.45) is 1.02. The third kappa shape index (κ3) is 9.25. The molecule has 0 radical (unpaired) electrons. The molecule has 0 fully saturated rings. The summed E-state index contributed by atoms with van der Waals surface area (Å²) in [6.45, 7) is 0.906. The minimum absolute atomic E-state index is 0. The topological polar surface area (TPSA) is 37.1 Å². The zero-order chi connectivity index (χ0) is 24.2. The standard InChI is InChI=1S/C24H29F3N4OS.2HI/c1-29-13-8-9-18(16-29)21-17-33-23(28-21)30(22(32)12-5-6-14-31(2,3)4)20-11-7-10-19(15-20)24(25,26)27;;/h7-11,13,15-17H,5-6,12,14H2,1-4H3;2*1H/q+2;;/p-2. The van der Waals surface area contributed by atoms with Crippen LogP contribution in [0.2, 0.25) is 0 Å². The van der Waals surface area contributed by atoms with Gasteiger partial charge in [0, 0.05) is 17.9 Å². The van der Waals surface area contributed by atoms with E-state index in [1.807, 2.05) is 41.5 Å². The molecule has 11 heteroatoms. The van der Waals surface area contributed by atoms with Gasteiger partial charge in [-0.2, -0.15) is 13.2 Å². The number of nitrogens with zero attached hydrogens (tertiary/aromatic N) is 4. The number of benzene rings is 1. The lowest BCUT2D eigenvalue weighted by atomic mass is 10.1. The van der Waals surface area contributed by atoms with Crippen molar-refractivity contribution in [3.63, 3.8) is 0 Å². The van der Waals surface area contributed by atoms with Crippen LogP contribution in [-0.4, -0.2) is 43.1 Å². The molecule has 0 aliphatic carbocycles.